The number of halogens is 1. The molecule has 1 heterocycles. The molecule has 0 unspecified atom stereocenters. The van der Waals surface area contributed by atoms with Crippen molar-refractivity contribution in [1.82, 2.24) is 15.4 Å². The Kier molecular flexibility index (Phi) is 8.00. The van der Waals surface area contributed by atoms with E-state index in [-0.39, 0.29) is 0 Å². The summed E-state index contributed by atoms with van der Waals surface area (Å²) in [5, 5.41) is 11.7. The predicted molar refractivity (Wildman–Crippen MR) is 114 cm³/mol. The van der Waals surface area contributed by atoms with Gasteiger partial charge in [0.1, 0.15) is 5.60 Å². The minimum absolute atomic E-state index is 0.310. The van der Waals surface area contributed by atoms with Crippen molar-refractivity contribution in [3.8, 4) is 11.3 Å². The van der Waals surface area contributed by atoms with Gasteiger partial charge in [-0.15, -0.1) is 0 Å². The normalized spacial score (nSPS) is 12.7. The number of aromatic nitrogens is 1. The van der Waals surface area contributed by atoms with Gasteiger partial charge in [-0.1, -0.05) is 52.9 Å². The second kappa shape index (κ2) is 10.0. The molecule has 1 aromatic heterocycles. The third-order valence-corrected chi connectivity index (χ3v) is 4.56. The number of benzene rings is 1. The molecule has 0 aliphatic rings. The second-order valence-corrected chi connectivity index (χ2v) is 8.10. The van der Waals surface area contributed by atoms with E-state index in [1.807, 2.05) is 63.2 Å². The highest BCUT2D eigenvalue weighted by Gasteiger charge is 2.20. The van der Waals surface area contributed by atoms with Gasteiger partial charge in [0, 0.05) is 29.3 Å². The molecule has 2 rings (SSSR count). The number of alkyl halides is 1. The van der Waals surface area contributed by atoms with Crippen molar-refractivity contribution in [2.75, 3.05) is 11.0 Å². The molecule has 1 aromatic carbocycles. The molecule has 1 atom stereocenters. The van der Waals surface area contributed by atoms with E-state index in [1.165, 1.54) is 0 Å². The largest absolute Gasteiger partial charge is 0.443 e. The van der Waals surface area contributed by atoms with Crippen LogP contribution in [0.1, 0.15) is 26.3 Å². The number of hydrogen-bond donors (Lipinski definition) is 2. The lowest BCUT2D eigenvalue weighted by molar-refractivity contribution is 0.0233. The smallest absolute Gasteiger partial charge is 0.422 e. The quantitative estimate of drug-likeness (QED) is 0.356. The number of aliphatic hydroxyl groups excluding tert-OH is 1. The molecule has 0 aliphatic carbocycles. The van der Waals surface area contributed by atoms with E-state index in [4.69, 9.17) is 4.74 Å². The van der Waals surface area contributed by atoms with Crippen LogP contribution in [0.15, 0.2) is 48.7 Å². The number of nitrogens with one attached hydrogen (secondary N) is 1. The van der Waals surface area contributed by atoms with Crippen LogP contribution < -0.4 is 5.43 Å². The average molecular weight is 483 g/mol. The summed E-state index contributed by atoms with van der Waals surface area (Å²) in [7, 11) is 0. The van der Waals surface area contributed by atoms with Crippen molar-refractivity contribution in [3.63, 3.8) is 0 Å². The number of carbonyl (C=O) groups is 1. The maximum Gasteiger partial charge on any atom is 0.422 e. The number of rotatable bonds is 7. The molecule has 0 spiro atoms. The number of carbonyl (C=O) groups excluding carboxylic acids is 1. The molecule has 0 fully saturated rings. The number of nitrogens with zero attached hydrogens (tertiary/aromatic N) is 2. The number of aliphatic hydroxyl groups is 1. The maximum absolute atomic E-state index is 12.1. The summed E-state index contributed by atoms with van der Waals surface area (Å²) in [5.41, 5.74) is 5.09. The molecule has 0 radical (unpaired) electrons. The van der Waals surface area contributed by atoms with E-state index in [1.54, 1.807) is 11.2 Å². The minimum Gasteiger partial charge on any atom is -0.443 e. The van der Waals surface area contributed by atoms with Crippen LogP contribution in [0.25, 0.3) is 11.3 Å². The zero-order valence-electron chi connectivity index (χ0n) is 15.9. The first-order valence-corrected chi connectivity index (χ1v) is 10.3. The first kappa shape index (κ1) is 21.6. The fraction of sp³-hybridized carbons (Fsp3) is 0.400. The lowest BCUT2D eigenvalue weighted by Gasteiger charge is -2.27. The first-order valence-electron chi connectivity index (χ1n) is 8.76. The Balaban J connectivity index is 2.06. The Morgan fingerprint density at radius 3 is 2.52 bits per heavy atom. The van der Waals surface area contributed by atoms with E-state index < -0.39 is 17.8 Å². The predicted octanol–water partition coefficient (Wildman–Crippen LogP) is 3.79. The van der Waals surface area contributed by atoms with Gasteiger partial charge in [0.05, 0.1) is 11.8 Å². The van der Waals surface area contributed by atoms with Gasteiger partial charge in [0.25, 0.3) is 0 Å². The van der Waals surface area contributed by atoms with E-state index in [2.05, 4.69) is 33.0 Å². The zero-order chi connectivity index (χ0) is 19.9. The van der Waals surface area contributed by atoms with Gasteiger partial charge < -0.3 is 9.84 Å². The van der Waals surface area contributed by atoms with Gasteiger partial charge in [0.15, 0.2) is 0 Å². The lowest BCUT2D eigenvalue weighted by atomic mass is 10.1. The first-order chi connectivity index (χ1) is 12.8. The molecule has 0 bridgehead atoms. The van der Waals surface area contributed by atoms with Gasteiger partial charge >= 0.3 is 6.09 Å². The number of pyridine rings is 1. The van der Waals surface area contributed by atoms with Crippen LogP contribution in [0.5, 0.6) is 0 Å². The number of hydrogen-bond acceptors (Lipinski definition) is 5. The average Bonchev–Trinajstić information content (AvgIpc) is 2.61. The minimum atomic E-state index is -0.581. The monoisotopic (exact) mass is 483 g/mol. The number of amides is 1. The fourth-order valence-electron chi connectivity index (χ4n) is 2.42. The van der Waals surface area contributed by atoms with Crippen LogP contribution >= 0.6 is 22.6 Å². The molecule has 2 N–H and O–H groups in total. The van der Waals surface area contributed by atoms with E-state index >= 15 is 0 Å². The van der Waals surface area contributed by atoms with Crippen molar-refractivity contribution < 1.29 is 14.6 Å². The highest BCUT2D eigenvalue weighted by molar-refractivity contribution is 14.1. The third kappa shape index (κ3) is 7.82. The lowest BCUT2D eigenvalue weighted by Crippen LogP contribution is -2.47. The van der Waals surface area contributed by atoms with E-state index in [9.17, 15) is 9.90 Å². The summed E-state index contributed by atoms with van der Waals surface area (Å²) < 4.78 is 5.89. The van der Waals surface area contributed by atoms with Crippen LogP contribution in [0, 0.1) is 0 Å². The summed E-state index contributed by atoms with van der Waals surface area (Å²) in [4.78, 5) is 16.4. The maximum atomic E-state index is 12.1. The fourth-order valence-corrected chi connectivity index (χ4v) is 2.70. The molecule has 146 valence electrons. The van der Waals surface area contributed by atoms with Gasteiger partial charge in [-0.3, -0.25) is 10.4 Å². The Morgan fingerprint density at radius 1 is 1.26 bits per heavy atom. The molecule has 7 heteroatoms. The van der Waals surface area contributed by atoms with E-state index in [0.717, 1.165) is 16.8 Å². The van der Waals surface area contributed by atoms with Crippen molar-refractivity contribution >= 4 is 28.7 Å². The molecular weight excluding hydrogens is 457 g/mol. The van der Waals surface area contributed by atoms with Gasteiger partial charge in [-0.05, 0) is 38.5 Å². The molecule has 1 amide bonds. The molecular formula is C20H26IN3O3. The Hall–Kier alpha value is -1.71. The van der Waals surface area contributed by atoms with Crippen LogP contribution in [0.3, 0.4) is 0 Å². The topological polar surface area (TPSA) is 74.7 Å². The molecule has 2 aromatic rings. The van der Waals surface area contributed by atoms with Crippen molar-refractivity contribution in [2.24, 2.45) is 0 Å². The summed E-state index contributed by atoms with van der Waals surface area (Å²) in [5.74, 6) is 0. The van der Waals surface area contributed by atoms with Crippen molar-refractivity contribution in [3.05, 3.63) is 54.2 Å². The summed E-state index contributed by atoms with van der Waals surface area (Å²) in [6.45, 7) is 6.20. The van der Waals surface area contributed by atoms with Gasteiger partial charge in [-0.2, -0.15) is 0 Å². The van der Waals surface area contributed by atoms with E-state index in [0.29, 0.717) is 17.5 Å². The Labute approximate surface area is 174 Å². The highest BCUT2D eigenvalue weighted by atomic mass is 127. The summed E-state index contributed by atoms with van der Waals surface area (Å²) >= 11 is 2.12. The zero-order valence-corrected chi connectivity index (χ0v) is 18.0. The molecule has 0 saturated heterocycles. The summed E-state index contributed by atoms with van der Waals surface area (Å²) in [6, 6.07) is 13.8. The molecule has 6 nitrogen and oxygen atoms in total. The van der Waals surface area contributed by atoms with Gasteiger partial charge in [-0.25, -0.2) is 9.80 Å². The standard InChI is InChI=1S/C20H26IN3O3/c1-20(2,3)27-19(26)23-24(14-17(25)12-21)13-15-7-9-16(10-8-15)18-6-4-5-11-22-18/h4-11,17,25H,12-14H2,1-3H3,(H,23,26)/t17-/m1/s1. The molecule has 27 heavy (non-hydrogen) atoms. The summed E-state index contributed by atoms with van der Waals surface area (Å²) in [6.07, 6.45) is 0.683. The third-order valence-electron chi connectivity index (χ3n) is 3.55. The number of ether oxygens (including phenoxy) is 1. The van der Waals surface area contributed by atoms with Crippen LogP contribution in [-0.2, 0) is 11.3 Å². The molecule has 0 saturated carbocycles. The van der Waals surface area contributed by atoms with Crippen LogP contribution in [0.4, 0.5) is 4.79 Å². The second-order valence-electron chi connectivity index (χ2n) is 7.21. The SMILES string of the molecule is CC(C)(C)OC(=O)NN(Cc1ccc(-c2ccccn2)cc1)C[C@H](O)CI. The Morgan fingerprint density at radius 2 is 1.96 bits per heavy atom. The van der Waals surface area contributed by atoms with Crippen molar-refractivity contribution in [2.45, 2.75) is 39.0 Å². The Bertz CT molecular complexity index is 718. The van der Waals surface area contributed by atoms with Gasteiger partial charge in [0.2, 0.25) is 0 Å². The number of hydrazine groups is 1. The highest BCUT2D eigenvalue weighted by Crippen LogP contribution is 2.17. The van der Waals surface area contributed by atoms with Crippen LogP contribution in [-0.4, -0.2) is 43.9 Å². The molecule has 0 aliphatic heterocycles. The van der Waals surface area contributed by atoms with Crippen LogP contribution in [0.2, 0.25) is 0 Å². The van der Waals surface area contributed by atoms with Crippen molar-refractivity contribution in [1.29, 1.82) is 0 Å².